The van der Waals surface area contributed by atoms with E-state index >= 15 is 0 Å². The molecule has 2 heteroatoms. The number of fused-ring (bicyclic) bond motifs is 1. The van der Waals surface area contributed by atoms with Crippen molar-refractivity contribution < 1.29 is 0 Å². The zero-order chi connectivity index (χ0) is 14.2. The first-order valence-corrected chi connectivity index (χ1v) is 8.52. The molecule has 0 amide bonds. The van der Waals surface area contributed by atoms with Gasteiger partial charge in [0, 0.05) is 24.0 Å². The van der Waals surface area contributed by atoms with Crippen LogP contribution < -0.4 is 5.73 Å². The summed E-state index contributed by atoms with van der Waals surface area (Å²) in [6, 6.07) is 3.26. The monoisotopic (exact) mass is 274 g/mol. The molecule has 1 aromatic rings. The number of hydrogen-bond acceptors (Lipinski definition) is 1. The third-order valence-electron chi connectivity index (χ3n) is 5.35. The number of aromatic nitrogens is 1. The Bertz CT molecular complexity index is 450. The van der Waals surface area contributed by atoms with Crippen molar-refractivity contribution in [3.8, 4) is 0 Å². The fraction of sp³-hybridized carbons (Fsp3) is 0.778. The van der Waals surface area contributed by atoms with Crippen LogP contribution >= 0.6 is 0 Å². The molecule has 1 saturated carbocycles. The summed E-state index contributed by atoms with van der Waals surface area (Å²) in [5.74, 6) is 0. The first-order chi connectivity index (χ1) is 9.57. The number of hydrogen-bond donors (Lipinski definition) is 1. The molecule has 0 bridgehead atoms. The lowest BCUT2D eigenvalue weighted by Crippen LogP contribution is -2.31. The van der Waals surface area contributed by atoms with Crippen LogP contribution in [0.3, 0.4) is 0 Å². The molecule has 0 aromatic carbocycles. The van der Waals surface area contributed by atoms with E-state index in [2.05, 4.69) is 30.7 Å². The van der Waals surface area contributed by atoms with Gasteiger partial charge >= 0.3 is 0 Å². The first-order valence-electron chi connectivity index (χ1n) is 8.52. The SMILES string of the molecule is CC1(C)Cc2c(ccn2C2CCCCCCC2)C(N)C1. The molecule has 2 nitrogen and oxygen atoms in total. The Morgan fingerprint density at radius 2 is 1.75 bits per heavy atom. The summed E-state index contributed by atoms with van der Waals surface area (Å²) in [5, 5.41) is 0. The quantitative estimate of drug-likeness (QED) is 0.787. The Kier molecular flexibility index (Phi) is 3.94. The predicted octanol–water partition coefficient (Wildman–Crippen LogP) is 4.75. The minimum Gasteiger partial charge on any atom is -0.348 e. The van der Waals surface area contributed by atoms with E-state index in [4.69, 9.17) is 5.73 Å². The van der Waals surface area contributed by atoms with Crippen LogP contribution in [0.1, 0.15) is 88.6 Å². The van der Waals surface area contributed by atoms with Gasteiger partial charge in [-0.3, -0.25) is 0 Å². The highest BCUT2D eigenvalue weighted by Crippen LogP contribution is 2.42. The second kappa shape index (κ2) is 5.55. The first kappa shape index (κ1) is 14.2. The summed E-state index contributed by atoms with van der Waals surface area (Å²) in [6.07, 6.45) is 14.4. The third kappa shape index (κ3) is 2.81. The molecule has 1 heterocycles. The second-order valence-corrected chi connectivity index (χ2v) is 7.78. The summed E-state index contributed by atoms with van der Waals surface area (Å²) < 4.78 is 2.60. The molecular formula is C18H30N2. The lowest BCUT2D eigenvalue weighted by atomic mass is 9.74. The van der Waals surface area contributed by atoms with Crippen molar-refractivity contribution in [2.24, 2.45) is 11.1 Å². The van der Waals surface area contributed by atoms with E-state index in [1.165, 1.54) is 56.9 Å². The summed E-state index contributed by atoms with van der Waals surface area (Å²) in [5.41, 5.74) is 9.72. The zero-order valence-electron chi connectivity index (χ0n) is 13.2. The molecule has 0 aliphatic heterocycles. The maximum Gasteiger partial charge on any atom is 0.0333 e. The molecule has 2 aliphatic carbocycles. The summed E-state index contributed by atoms with van der Waals surface area (Å²) in [7, 11) is 0. The molecular weight excluding hydrogens is 244 g/mol. The summed E-state index contributed by atoms with van der Waals surface area (Å²) in [4.78, 5) is 0. The van der Waals surface area contributed by atoms with Gasteiger partial charge in [-0.05, 0) is 42.7 Å². The van der Waals surface area contributed by atoms with Gasteiger partial charge in [-0.1, -0.05) is 46.0 Å². The van der Waals surface area contributed by atoms with Crippen molar-refractivity contribution in [1.82, 2.24) is 4.57 Å². The predicted molar refractivity (Wildman–Crippen MR) is 84.8 cm³/mol. The molecule has 1 atom stereocenters. The molecule has 1 aromatic heterocycles. The highest BCUT2D eigenvalue weighted by Gasteiger charge is 2.33. The van der Waals surface area contributed by atoms with Crippen LogP contribution in [0.25, 0.3) is 0 Å². The van der Waals surface area contributed by atoms with Crippen molar-refractivity contribution in [3.63, 3.8) is 0 Å². The third-order valence-corrected chi connectivity index (χ3v) is 5.35. The van der Waals surface area contributed by atoms with Crippen molar-refractivity contribution in [2.75, 3.05) is 0 Å². The van der Waals surface area contributed by atoms with E-state index in [9.17, 15) is 0 Å². The zero-order valence-corrected chi connectivity index (χ0v) is 13.2. The summed E-state index contributed by atoms with van der Waals surface area (Å²) >= 11 is 0. The molecule has 1 unspecified atom stereocenters. The second-order valence-electron chi connectivity index (χ2n) is 7.78. The van der Waals surface area contributed by atoms with Crippen LogP contribution in [0.2, 0.25) is 0 Å². The van der Waals surface area contributed by atoms with Crippen LogP contribution in [0, 0.1) is 5.41 Å². The minimum atomic E-state index is 0.239. The fourth-order valence-electron chi connectivity index (χ4n) is 4.31. The lowest BCUT2D eigenvalue weighted by molar-refractivity contribution is 0.266. The van der Waals surface area contributed by atoms with Crippen LogP contribution in [0.15, 0.2) is 12.3 Å². The van der Waals surface area contributed by atoms with E-state index < -0.39 is 0 Å². The fourth-order valence-corrected chi connectivity index (χ4v) is 4.31. The van der Waals surface area contributed by atoms with E-state index in [0.717, 1.165) is 12.5 Å². The van der Waals surface area contributed by atoms with Gasteiger partial charge in [0.2, 0.25) is 0 Å². The molecule has 0 saturated heterocycles. The Morgan fingerprint density at radius 3 is 2.45 bits per heavy atom. The molecule has 0 spiro atoms. The highest BCUT2D eigenvalue weighted by molar-refractivity contribution is 5.30. The van der Waals surface area contributed by atoms with Crippen LogP contribution in [-0.2, 0) is 6.42 Å². The average molecular weight is 274 g/mol. The van der Waals surface area contributed by atoms with Gasteiger partial charge < -0.3 is 10.3 Å². The van der Waals surface area contributed by atoms with Crippen molar-refractivity contribution in [2.45, 2.75) is 83.7 Å². The minimum absolute atomic E-state index is 0.239. The van der Waals surface area contributed by atoms with E-state index in [-0.39, 0.29) is 6.04 Å². The average Bonchev–Trinajstić information content (AvgIpc) is 2.71. The Balaban J connectivity index is 1.87. The number of nitrogens with zero attached hydrogens (tertiary/aromatic N) is 1. The highest BCUT2D eigenvalue weighted by atomic mass is 15.0. The van der Waals surface area contributed by atoms with Gasteiger partial charge in [0.25, 0.3) is 0 Å². The van der Waals surface area contributed by atoms with E-state index in [1.807, 2.05) is 0 Å². The topological polar surface area (TPSA) is 30.9 Å². The van der Waals surface area contributed by atoms with Gasteiger partial charge in [0.05, 0.1) is 0 Å². The van der Waals surface area contributed by atoms with Gasteiger partial charge in [-0.2, -0.15) is 0 Å². The van der Waals surface area contributed by atoms with Gasteiger partial charge in [0.15, 0.2) is 0 Å². The van der Waals surface area contributed by atoms with Crippen molar-refractivity contribution >= 4 is 0 Å². The number of rotatable bonds is 1. The molecule has 2 N–H and O–H groups in total. The Hall–Kier alpha value is -0.760. The smallest absolute Gasteiger partial charge is 0.0333 e. The molecule has 112 valence electrons. The molecule has 1 fully saturated rings. The molecule has 20 heavy (non-hydrogen) atoms. The van der Waals surface area contributed by atoms with Crippen LogP contribution in [-0.4, -0.2) is 4.57 Å². The molecule has 0 radical (unpaired) electrons. The normalized spacial score (nSPS) is 27.6. The molecule has 2 aliphatic rings. The van der Waals surface area contributed by atoms with Gasteiger partial charge in [0.1, 0.15) is 0 Å². The van der Waals surface area contributed by atoms with E-state index in [1.54, 1.807) is 5.69 Å². The Morgan fingerprint density at radius 1 is 1.10 bits per heavy atom. The van der Waals surface area contributed by atoms with Crippen LogP contribution in [0.5, 0.6) is 0 Å². The maximum absolute atomic E-state index is 6.41. The summed E-state index contributed by atoms with van der Waals surface area (Å²) in [6.45, 7) is 4.73. The molecule has 3 rings (SSSR count). The van der Waals surface area contributed by atoms with Gasteiger partial charge in [-0.15, -0.1) is 0 Å². The van der Waals surface area contributed by atoms with Gasteiger partial charge in [-0.25, -0.2) is 0 Å². The largest absolute Gasteiger partial charge is 0.348 e. The van der Waals surface area contributed by atoms with Crippen molar-refractivity contribution in [1.29, 1.82) is 0 Å². The Labute approximate surface area is 123 Å². The lowest BCUT2D eigenvalue weighted by Gasteiger charge is -2.36. The standard InChI is InChI=1S/C18H30N2/c1-18(2)12-16(19)15-10-11-20(17(15)13-18)14-8-6-4-3-5-7-9-14/h10-11,14,16H,3-9,12-13,19H2,1-2H3. The maximum atomic E-state index is 6.41. The van der Waals surface area contributed by atoms with Crippen molar-refractivity contribution in [3.05, 3.63) is 23.5 Å². The van der Waals surface area contributed by atoms with E-state index in [0.29, 0.717) is 5.41 Å². The van der Waals surface area contributed by atoms with Crippen LogP contribution in [0.4, 0.5) is 0 Å². The number of nitrogens with two attached hydrogens (primary N) is 1.